The summed E-state index contributed by atoms with van der Waals surface area (Å²) in [6.45, 7) is 0. The lowest BCUT2D eigenvalue weighted by Crippen LogP contribution is -2.03. The third-order valence-electron chi connectivity index (χ3n) is 1.74. The fraction of sp³-hybridized carbons (Fsp3) is 0.333. The van der Waals surface area contributed by atoms with Gasteiger partial charge in [-0.25, -0.2) is 9.59 Å². The van der Waals surface area contributed by atoms with Crippen molar-refractivity contribution in [3.8, 4) is 0 Å². The smallest absolute Gasteiger partial charge is 0.337 e. The third-order valence-corrected chi connectivity index (χ3v) is 1.74. The lowest BCUT2D eigenvalue weighted by molar-refractivity contribution is -0.136. The topological polar surface area (TPSA) is 52.6 Å². The molecule has 1 aliphatic rings. The molecule has 4 nitrogen and oxygen atoms in total. The maximum Gasteiger partial charge on any atom is 0.337 e. The third kappa shape index (κ3) is 1.96. The van der Waals surface area contributed by atoms with Crippen LogP contribution in [0.4, 0.5) is 0 Å². The van der Waals surface area contributed by atoms with Gasteiger partial charge in [0.25, 0.3) is 0 Å². The standard InChI is InChI=1S/C9H10O4/c1-12-8(10)6-3-4-7(5-6)9(11)13-2/h3,5H,4H2,1-2H3. The minimum absolute atomic E-state index is 0.405. The van der Waals surface area contributed by atoms with Crippen LogP contribution < -0.4 is 0 Å². The molecule has 1 aliphatic carbocycles. The molecule has 13 heavy (non-hydrogen) atoms. The number of allylic oxidation sites excluding steroid dienone is 1. The highest BCUT2D eigenvalue weighted by Gasteiger charge is 2.18. The quantitative estimate of drug-likeness (QED) is 0.586. The van der Waals surface area contributed by atoms with Gasteiger partial charge in [0.15, 0.2) is 0 Å². The van der Waals surface area contributed by atoms with Crippen LogP contribution in [0.2, 0.25) is 0 Å². The molecule has 0 fully saturated rings. The van der Waals surface area contributed by atoms with Crippen molar-refractivity contribution >= 4 is 11.9 Å². The van der Waals surface area contributed by atoms with Crippen molar-refractivity contribution in [2.45, 2.75) is 6.42 Å². The summed E-state index contributed by atoms with van der Waals surface area (Å²) in [6, 6.07) is 0. The fourth-order valence-corrected chi connectivity index (χ4v) is 1.06. The molecule has 0 aromatic heterocycles. The van der Waals surface area contributed by atoms with E-state index in [1.54, 1.807) is 6.08 Å². The van der Waals surface area contributed by atoms with Crippen LogP contribution in [0.25, 0.3) is 0 Å². The Morgan fingerprint density at radius 2 is 1.85 bits per heavy atom. The maximum absolute atomic E-state index is 11.0. The first kappa shape index (κ1) is 9.51. The van der Waals surface area contributed by atoms with Crippen molar-refractivity contribution in [3.63, 3.8) is 0 Å². The first-order valence-electron chi connectivity index (χ1n) is 3.76. The second-order valence-electron chi connectivity index (χ2n) is 2.52. The summed E-state index contributed by atoms with van der Waals surface area (Å²) < 4.78 is 9.00. The van der Waals surface area contributed by atoms with E-state index in [0.717, 1.165) is 0 Å². The van der Waals surface area contributed by atoms with Crippen LogP contribution in [0, 0.1) is 0 Å². The summed E-state index contributed by atoms with van der Waals surface area (Å²) in [6.07, 6.45) is 3.55. The summed E-state index contributed by atoms with van der Waals surface area (Å²) in [5, 5.41) is 0. The first-order valence-corrected chi connectivity index (χ1v) is 3.76. The lowest BCUT2D eigenvalue weighted by atomic mass is 10.2. The van der Waals surface area contributed by atoms with E-state index >= 15 is 0 Å². The van der Waals surface area contributed by atoms with Crippen LogP contribution in [0.15, 0.2) is 23.3 Å². The van der Waals surface area contributed by atoms with Crippen LogP contribution in [0.3, 0.4) is 0 Å². The van der Waals surface area contributed by atoms with Gasteiger partial charge in [-0.3, -0.25) is 0 Å². The van der Waals surface area contributed by atoms with Crippen molar-refractivity contribution in [3.05, 3.63) is 23.3 Å². The number of methoxy groups -OCH3 is 2. The number of esters is 2. The van der Waals surface area contributed by atoms with Crippen LogP contribution in [0.5, 0.6) is 0 Å². The van der Waals surface area contributed by atoms with E-state index in [4.69, 9.17) is 0 Å². The summed E-state index contributed by atoms with van der Waals surface area (Å²) in [5.41, 5.74) is 0.880. The molecular formula is C9H10O4. The molecule has 0 bridgehead atoms. The molecule has 0 aromatic carbocycles. The molecule has 0 amide bonds. The van der Waals surface area contributed by atoms with Crippen LogP contribution in [-0.2, 0) is 19.1 Å². The van der Waals surface area contributed by atoms with Crippen molar-refractivity contribution in [1.82, 2.24) is 0 Å². The average molecular weight is 182 g/mol. The molecule has 0 spiro atoms. The Kier molecular flexibility index (Phi) is 2.84. The number of ether oxygens (including phenoxy) is 2. The Bertz CT molecular complexity index is 299. The Balaban J connectivity index is 2.70. The number of carbonyl (C=O) groups excluding carboxylic acids is 2. The highest BCUT2D eigenvalue weighted by Crippen LogP contribution is 2.19. The largest absolute Gasteiger partial charge is 0.466 e. The van der Waals surface area contributed by atoms with Crippen molar-refractivity contribution in [2.24, 2.45) is 0 Å². The van der Waals surface area contributed by atoms with E-state index in [-0.39, 0.29) is 0 Å². The summed E-state index contributed by atoms with van der Waals surface area (Å²) in [4.78, 5) is 22.0. The molecule has 0 saturated heterocycles. The number of hydrogen-bond donors (Lipinski definition) is 0. The molecule has 0 heterocycles. The van der Waals surface area contributed by atoms with Gasteiger partial charge in [0.05, 0.1) is 19.8 Å². The number of carbonyl (C=O) groups is 2. The zero-order chi connectivity index (χ0) is 9.84. The van der Waals surface area contributed by atoms with Crippen molar-refractivity contribution in [2.75, 3.05) is 14.2 Å². The minimum Gasteiger partial charge on any atom is -0.466 e. The summed E-state index contributed by atoms with van der Waals surface area (Å²) >= 11 is 0. The molecule has 70 valence electrons. The normalized spacial score (nSPS) is 14.6. The van der Waals surface area contributed by atoms with Gasteiger partial charge in [-0.15, -0.1) is 0 Å². The van der Waals surface area contributed by atoms with Gasteiger partial charge in [0.1, 0.15) is 0 Å². The molecule has 0 saturated carbocycles. The van der Waals surface area contributed by atoms with E-state index in [1.807, 2.05) is 0 Å². The Morgan fingerprint density at radius 3 is 2.38 bits per heavy atom. The number of hydrogen-bond acceptors (Lipinski definition) is 4. The van der Waals surface area contributed by atoms with Gasteiger partial charge in [0.2, 0.25) is 0 Å². The van der Waals surface area contributed by atoms with E-state index in [9.17, 15) is 9.59 Å². The highest BCUT2D eigenvalue weighted by molar-refractivity contribution is 5.98. The Hall–Kier alpha value is -1.58. The predicted molar refractivity (Wildman–Crippen MR) is 44.8 cm³/mol. The van der Waals surface area contributed by atoms with Crippen molar-refractivity contribution < 1.29 is 19.1 Å². The van der Waals surface area contributed by atoms with Crippen LogP contribution >= 0.6 is 0 Å². The molecular weight excluding hydrogens is 172 g/mol. The molecule has 0 aromatic rings. The van der Waals surface area contributed by atoms with E-state index in [0.29, 0.717) is 17.6 Å². The molecule has 0 aliphatic heterocycles. The summed E-state index contributed by atoms with van der Waals surface area (Å²) in [7, 11) is 2.60. The average Bonchev–Trinajstić information content (AvgIpc) is 2.64. The van der Waals surface area contributed by atoms with E-state index < -0.39 is 11.9 Å². The van der Waals surface area contributed by atoms with Crippen molar-refractivity contribution in [1.29, 1.82) is 0 Å². The second kappa shape index (κ2) is 3.89. The molecule has 1 rings (SSSR count). The second-order valence-corrected chi connectivity index (χ2v) is 2.52. The lowest BCUT2D eigenvalue weighted by Gasteiger charge is -1.96. The molecule has 0 N–H and O–H groups in total. The van der Waals surface area contributed by atoms with Gasteiger partial charge in [-0.1, -0.05) is 6.08 Å². The maximum atomic E-state index is 11.0. The van der Waals surface area contributed by atoms with Crippen LogP contribution in [0.1, 0.15) is 6.42 Å². The minimum atomic E-state index is -0.432. The molecule has 0 atom stereocenters. The van der Waals surface area contributed by atoms with Gasteiger partial charge in [-0.2, -0.15) is 0 Å². The monoisotopic (exact) mass is 182 g/mol. The first-order chi connectivity index (χ1) is 6.19. The van der Waals surface area contributed by atoms with E-state index in [1.165, 1.54) is 20.3 Å². The van der Waals surface area contributed by atoms with Gasteiger partial charge < -0.3 is 9.47 Å². The van der Waals surface area contributed by atoms with E-state index in [2.05, 4.69) is 9.47 Å². The zero-order valence-electron chi connectivity index (χ0n) is 7.49. The predicted octanol–water partition coefficient (Wildman–Crippen LogP) is 0.589. The highest BCUT2D eigenvalue weighted by atomic mass is 16.5. The SMILES string of the molecule is COC(=O)C1=CCC(C(=O)OC)=C1. The number of rotatable bonds is 2. The van der Waals surface area contributed by atoms with Gasteiger partial charge in [-0.05, 0) is 12.5 Å². The van der Waals surface area contributed by atoms with Crippen LogP contribution in [-0.4, -0.2) is 26.2 Å². The Labute approximate surface area is 75.8 Å². The zero-order valence-corrected chi connectivity index (χ0v) is 7.49. The van der Waals surface area contributed by atoms with Gasteiger partial charge >= 0.3 is 11.9 Å². The molecule has 0 radical (unpaired) electrons. The summed E-state index contributed by atoms with van der Waals surface area (Å²) in [5.74, 6) is -0.839. The van der Waals surface area contributed by atoms with Gasteiger partial charge in [0, 0.05) is 5.57 Å². The fourth-order valence-electron chi connectivity index (χ4n) is 1.06. The Morgan fingerprint density at radius 1 is 1.23 bits per heavy atom. The molecule has 0 unspecified atom stereocenters. The molecule has 4 heteroatoms.